The number of carboxylic acids is 1. The lowest BCUT2D eigenvalue weighted by Crippen LogP contribution is -2.57. The van der Waals surface area contributed by atoms with Crippen molar-refractivity contribution < 1.29 is 14.7 Å². The summed E-state index contributed by atoms with van der Waals surface area (Å²) in [6, 6.07) is -0.706. The van der Waals surface area contributed by atoms with Crippen molar-refractivity contribution in [2.24, 2.45) is 0 Å². The number of likely N-dealkylation sites (N-methyl/N-ethyl adjacent to an activating group) is 1. The van der Waals surface area contributed by atoms with E-state index in [1.807, 2.05) is 0 Å². The average molecular weight is 257 g/mol. The third kappa shape index (κ3) is 3.60. The lowest BCUT2D eigenvalue weighted by atomic mass is 10.1. The highest BCUT2D eigenvalue weighted by atomic mass is 16.4. The molecule has 0 spiro atoms. The van der Waals surface area contributed by atoms with Crippen LogP contribution in [0.4, 0.5) is 4.79 Å². The van der Waals surface area contributed by atoms with Crippen LogP contribution in [0.2, 0.25) is 0 Å². The first kappa shape index (κ1) is 14.8. The number of rotatable bonds is 4. The van der Waals surface area contributed by atoms with Crippen molar-refractivity contribution in [1.29, 1.82) is 0 Å². The third-order valence-corrected chi connectivity index (χ3v) is 3.54. The Kier molecular flexibility index (Phi) is 5.40. The van der Waals surface area contributed by atoms with Crippen LogP contribution in [0.15, 0.2) is 0 Å². The molecule has 104 valence electrons. The van der Waals surface area contributed by atoms with Gasteiger partial charge in [0.05, 0.1) is 0 Å². The molecule has 6 nitrogen and oxygen atoms in total. The zero-order chi connectivity index (χ0) is 13.7. The third-order valence-electron chi connectivity index (χ3n) is 3.54. The Morgan fingerprint density at radius 1 is 1.39 bits per heavy atom. The number of carbonyl (C=O) groups excluding carboxylic acids is 1. The fourth-order valence-electron chi connectivity index (χ4n) is 2.15. The molecule has 18 heavy (non-hydrogen) atoms. The summed E-state index contributed by atoms with van der Waals surface area (Å²) < 4.78 is 0. The van der Waals surface area contributed by atoms with E-state index < -0.39 is 12.0 Å². The molecular weight excluding hydrogens is 234 g/mol. The molecule has 2 amide bonds. The van der Waals surface area contributed by atoms with Gasteiger partial charge in [-0.05, 0) is 19.9 Å². The molecule has 1 aliphatic rings. The number of carboxylic acid groups (broad SMARTS) is 1. The predicted octanol–water partition coefficient (Wildman–Crippen LogP) is 0.585. The molecule has 2 atom stereocenters. The molecule has 1 fully saturated rings. The molecule has 0 saturated carbocycles. The van der Waals surface area contributed by atoms with Crippen molar-refractivity contribution in [2.45, 2.75) is 38.8 Å². The highest BCUT2D eigenvalue weighted by Crippen LogP contribution is 2.10. The Labute approximate surface area is 108 Å². The average Bonchev–Trinajstić information content (AvgIpc) is 2.35. The van der Waals surface area contributed by atoms with Crippen molar-refractivity contribution in [2.75, 3.05) is 26.7 Å². The van der Waals surface area contributed by atoms with Crippen molar-refractivity contribution in [3.63, 3.8) is 0 Å². The molecule has 1 heterocycles. The highest BCUT2D eigenvalue weighted by Gasteiger charge is 2.28. The van der Waals surface area contributed by atoms with Crippen molar-refractivity contribution in [3.05, 3.63) is 0 Å². The van der Waals surface area contributed by atoms with E-state index in [-0.39, 0.29) is 6.03 Å². The highest BCUT2D eigenvalue weighted by molar-refractivity contribution is 5.82. The van der Waals surface area contributed by atoms with Crippen molar-refractivity contribution in [3.8, 4) is 0 Å². The lowest BCUT2D eigenvalue weighted by Gasteiger charge is -2.39. The van der Waals surface area contributed by atoms with Gasteiger partial charge in [0.2, 0.25) is 0 Å². The summed E-state index contributed by atoms with van der Waals surface area (Å²) in [6.45, 7) is 5.98. The van der Waals surface area contributed by atoms with E-state index in [2.05, 4.69) is 24.2 Å². The van der Waals surface area contributed by atoms with Gasteiger partial charge in [0.25, 0.3) is 0 Å². The summed E-state index contributed by atoms with van der Waals surface area (Å²) in [5, 5.41) is 11.5. The topological polar surface area (TPSA) is 72.9 Å². The Morgan fingerprint density at radius 2 is 2.06 bits per heavy atom. The first-order valence-electron chi connectivity index (χ1n) is 6.48. The lowest BCUT2D eigenvalue weighted by molar-refractivity contribution is -0.139. The first-order chi connectivity index (χ1) is 8.49. The SMILES string of the molecule is CCC1CN(C(=O)N[C@H](CC)C(=O)O)CCN1C. The van der Waals surface area contributed by atoms with Crippen LogP contribution in [0.5, 0.6) is 0 Å². The Bertz CT molecular complexity index is 309. The van der Waals surface area contributed by atoms with Crippen LogP contribution < -0.4 is 5.32 Å². The number of hydrogen-bond donors (Lipinski definition) is 2. The van der Waals surface area contributed by atoms with Crippen LogP contribution in [-0.2, 0) is 4.79 Å². The van der Waals surface area contributed by atoms with Gasteiger partial charge >= 0.3 is 12.0 Å². The molecule has 2 N–H and O–H groups in total. The summed E-state index contributed by atoms with van der Waals surface area (Å²) in [5.74, 6) is -0.980. The van der Waals surface area contributed by atoms with Crippen LogP contribution in [0.3, 0.4) is 0 Å². The molecule has 0 aromatic heterocycles. The zero-order valence-corrected chi connectivity index (χ0v) is 11.3. The number of carbonyl (C=O) groups is 2. The molecular formula is C12H23N3O3. The van der Waals surface area contributed by atoms with Crippen LogP contribution >= 0.6 is 0 Å². The fraction of sp³-hybridized carbons (Fsp3) is 0.833. The summed E-state index contributed by atoms with van der Waals surface area (Å²) in [6.07, 6.45) is 1.38. The van der Waals surface area contributed by atoms with Gasteiger partial charge < -0.3 is 15.3 Å². The maximum Gasteiger partial charge on any atom is 0.326 e. The smallest absolute Gasteiger partial charge is 0.326 e. The fourth-order valence-corrected chi connectivity index (χ4v) is 2.15. The van der Waals surface area contributed by atoms with Gasteiger partial charge in [0, 0.05) is 25.7 Å². The molecule has 0 aromatic carbocycles. The number of hydrogen-bond acceptors (Lipinski definition) is 3. The van der Waals surface area contributed by atoms with Crippen LogP contribution in [0.25, 0.3) is 0 Å². The van der Waals surface area contributed by atoms with E-state index in [1.165, 1.54) is 0 Å². The first-order valence-corrected chi connectivity index (χ1v) is 6.48. The molecule has 0 bridgehead atoms. The zero-order valence-electron chi connectivity index (χ0n) is 11.3. The van der Waals surface area contributed by atoms with E-state index >= 15 is 0 Å². The minimum Gasteiger partial charge on any atom is -0.480 e. The Morgan fingerprint density at radius 3 is 2.56 bits per heavy atom. The minimum absolute atomic E-state index is 0.268. The second-order valence-corrected chi connectivity index (χ2v) is 4.74. The molecule has 0 aromatic rings. The van der Waals surface area contributed by atoms with Crippen molar-refractivity contribution in [1.82, 2.24) is 15.1 Å². The minimum atomic E-state index is -0.980. The number of nitrogens with one attached hydrogen (secondary N) is 1. The Balaban J connectivity index is 2.54. The molecule has 6 heteroatoms. The number of amides is 2. The van der Waals surface area contributed by atoms with Crippen molar-refractivity contribution >= 4 is 12.0 Å². The summed E-state index contributed by atoms with van der Waals surface area (Å²) >= 11 is 0. The van der Waals surface area contributed by atoms with Crippen LogP contribution in [0, 0.1) is 0 Å². The van der Waals surface area contributed by atoms with Crippen LogP contribution in [0.1, 0.15) is 26.7 Å². The van der Waals surface area contributed by atoms with Gasteiger partial charge in [-0.15, -0.1) is 0 Å². The number of nitrogens with zero attached hydrogens (tertiary/aromatic N) is 2. The standard InChI is InChI=1S/C12H23N3O3/c1-4-9-8-15(7-6-14(9)3)12(18)13-10(5-2)11(16)17/h9-10H,4-8H2,1-3H3,(H,13,18)(H,16,17)/t9?,10-/m1/s1. The van der Waals surface area contributed by atoms with Gasteiger partial charge in [-0.1, -0.05) is 13.8 Å². The maximum absolute atomic E-state index is 12.0. The van der Waals surface area contributed by atoms with E-state index in [0.717, 1.165) is 13.0 Å². The van der Waals surface area contributed by atoms with Gasteiger partial charge in [0.1, 0.15) is 6.04 Å². The Hall–Kier alpha value is -1.30. The number of aliphatic carboxylic acids is 1. The second-order valence-electron chi connectivity index (χ2n) is 4.74. The van der Waals surface area contributed by atoms with Gasteiger partial charge in [-0.25, -0.2) is 9.59 Å². The van der Waals surface area contributed by atoms with E-state index in [0.29, 0.717) is 25.6 Å². The maximum atomic E-state index is 12.0. The number of piperazine rings is 1. The molecule has 1 unspecified atom stereocenters. The summed E-state index contributed by atoms with van der Waals surface area (Å²) in [4.78, 5) is 26.8. The molecule has 0 radical (unpaired) electrons. The predicted molar refractivity (Wildman–Crippen MR) is 68.5 cm³/mol. The quantitative estimate of drug-likeness (QED) is 0.773. The van der Waals surface area contributed by atoms with Gasteiger partial charge in [0.15, 0.2) is 0 Å². The monoisotopic (exact) mass is 257 g/mol. The second kappa shape index (κ2) is 6.58. The summed E-state index contributed by atoms with van der Waals surface area (Å²) in [5.41, 5.74) is 0. The molecule has 0 aliphatic carbocycles. The van der Waals surface area contributed by atoms with Crippen LogP contribution in [-0.4, -0.2) is 65.7 Å². The normalized spacial score (nSPS) is 22.6. The molecule has 1 saturated heterocycles. The summed E-state index contributed by atoms with van der Waals surface area (Å²) in [7, 11) is 2.05. The largest absolute Gasteiger partial charge is 0.480 e. The van der Waals surface area contributed by atoms with Gasteiger partial charge in [-0.2, -0.15) is 0 Å². The van der Waals surface area contributed by atoms with Gasteiger partial charge in [-0.3, -0.25) is 4.90 Å². The van der Waals surface area contributed by atoms with E-state index in [1.54, 1.807) is 11.8 Å². The molecule has 1 aliphatic heterocycles. The molecule has 1 rings (SSSR count). The van der Waals surface area contributed by atoms with E-state index in [9.17, 15) is 9.59 Å². The van der Waals surface area contributed by atoms with E-state index in [4.69, 9.17) is 5.11 Å². The number of urea groups is 1.